The number of carbonyl (C=O) groups is 1. The first-order chi connectivity index (χ1) is 17.3. The van der Waals surface area contributed by atoms with E-state index in [4.69, 9.17) is 5.21 Å². The quantitative estimate of drug-likeness (QED) is 0.213. The number of hydrogen-bond donors (Lipinski definition) is 3. The molecule has 0 bridgehead atoms. The van der Waals surface area contributed by atoms with Crippen LogP contribution in [0.2, 0.25) is 0 Å². The molecular formula is C24H25N5O5S2. The number of hydroxylamine groups is 1. The van der Waals surface area contributed by atoms with Gasteiger partial charge in [0.05, 0.1) is 30.9 Å². The van der Waals surface area contributed by atoms with Gasteiger partial charge in [-0.15, -0.1) is 16.4 Å². The molecule has 2 heterocycles. The Morgan fingerprint density at radius 3 is 2.53 bits per heavy atom. The number of nitrogens with one attached hydrogen (secondary N) is 1. The summed E-state index contributed by atoms with van der Waals surface area (Å²) in [5.74, 6) is -0.506. The van der Waals surface area contributed by atoms with Gasteiger partial charge in [-0.3, -0.25) is 10.0 Å². The van der Waals surface area contributed by atoms with Crippen LogP contribution in [-0.2, 0) is 27.8 Å². The van der Waals surface area contributed by atoms with Gasteiger partial charge < -0.3 is 5.11 Å². The van der Waals surface area contributed by atoms with Crippen molar-refractivity contribution in [3.8, 4) is 16.2 Å². The minimum Gasteiger partial charge on any atom is -0.508 e. The van der Waals surface area contributed by atoms with Gasteiger partial charge in [-0.05, 0) is 41.8 Å². The number of thiophene rings is 1. The normalized spacial score (nSPS) is 12.5. The molecule has 36 heavy (non-hydrogen) atoms. The summed E-state index contributed by atoms with van der Waals surface area (Å²) in [4.78, 5) is 12.8. The van der Waals surface area contributed by atoms with E-state index < -0.39 is 22.0 Å². The van der Waals surface area contributed by atoms with Crippen molar-refractivity contribution in [3.63, 3.8) is 0 Å². The predicted octanol–water partition coefficient (Wildman–Crippen LogP) is 3.21. The van der Waals surface area contributed by atoms with Crippen molar-refractivity contribution in [3.05, 3.63) is 84.2 Å². The number of phenols is 1. The number of phenolic OH excluding ortho intramolecular Hbond substituents is 1. The van der Waals surface area contributed by atoms with Crippen LogP contribution in [0.15, 0.2) is 77.1 Å². The molecule has 0 unspecified atom stereocenters. The topological polar surface area (TPSA) is 138 Å². The van der Waals surface area contributed by atoms with Gasteiger partial charge in [0.2, 0.25) is 5.91 Å². The molecule has 2 aromatic carbocycles. The maximum atomic E-state index is 13.3. The minimum atomic E-state index is -3.80. The Labute approximate surface area is 212 Å². The predicted molar refractivity (Wildman–Crippen MR) is 134 cm³/mol. The second kappa shape index (κ2) is 11.0. The lowest BCUT2D eigenvalue weighted by atomic mass is 10.0. The summed E-state index contributed by atoms with van der Waals surface area (Å²) in [7, 11) is -2.32. The number of benzene rings is 2. The van der Waals surface area contributed by atoms with Crippen molar-refractivity contribution in [1.82, 2.24) is 24.8 Å². The van der Waals surface area contributed by atoms with Crippen LogP contribution in [0, 0.1) is 0 Å². The van der Waals surface area contributed by atoms with Crippen LogP contribution in [-0.4, -0.2) is 51.0 Å². The van der Waals surface area contributed by atoms with Crippen LogP contribution in [0.1, 0.15) is 23.7 Å². The van der Waals surface area contributed by atoms with Crippen molar-refractivity contribution < 1.29 is 23.5 Å². The average molecular weight is 528 g/mol. The van der Waals surface area contributed by atoms with E-state index in [0.29, 0.717) is 12.1 Å². The molecular weight excluding hydrogens is 502 g/mol. The Balaban J connectivity index is 1.56. The Hall–Kier alpha value is -3.58. The van der Waals surface area contributed by atoms with Crippen molar-refractivity contribution in [2.45, 2.75) is 29.6 Å². The fraction of sp³-hybridized carbons (Fsp3) is 0.208. The monoisotopic (exact) mass is 527 g/mol. The molecule has 0 spiro atoms. The Morgan fingerprint density at radius 2 is 1.83 bits per heavy atom. The highest BCUT2D eigenvalue weighted by molar-refractivity contribution is 7.91. The van der Waals surface area contributed by atoms with E-state index in [-0.39, 0.29) is 22.9 Å². The van der Waals surface area contributed by atoms with Gasteiger partial charge in [-0.1, -0.05) is 47.7 Å². The first kappa shape index (κ1) is 25.5. The van der Waals surface area contributed by atoms with Crippen molar-refractivity contribution in [2.75, 3.05) is 7.05 Å². The highest BCUT2D eigenvalue weighted by Crippen LogP contribution is 2.32. The maximum absolute atomic E-state index is 13.3. The lowest BCUT2D eigenvalue weighted by Gasteiger charge is -2.21. The third kappa shape index (κ3) is 5.79. The molecule has 10 nitrogen and oxygen atoms in total. The first-order valence-corrected chi connectivity index (χ1v) is 13.2. The highest BCUT2D eigenvalue weighted by atomic mass is 32.2. The van der Waals surface area contributed by atoms with Crippen molar-refractivity contribution in [2.24, 2.45) is 0 Å². The van der Waals surface area contributed by atoms with E-state index in [0.717, 1.165) is 16.0 Å². The van der Waals surface area contributed by atoms with Gasteiger partial charge in [0.25, 0.3) is 10.0 Å². The number of rotatable bonds is 10. The molecule has 0 aliphatic carbocycles. The van der Waals surface area contributed by atoms with Crippen LogP contribution in [0.5, 0.6) is 5.75 Å². The fourth-order valence-corrected chi connectivity index (χ4v) is 6.44. The SMILES string of the molecule is CN(Cc1cnnn1[C@H](CC(=O)NO)Cc1ccc(O)cc1)S(=O)(=O)c1ccc(-c2ccccc2)s1. The highest BCUT2D eigenvalue weighted by Gasteiger charge is 2.27. The molecule has 0 radical (unpaired) electrons. The summed E-state index contributed by atoms with van der Waals surface area (Å²) in [5, 5.41) is 26.7. The largest absolute Gasteiger partial charge is 0.508 e. The van der Waals surface area contributed by atoms with E-state index in [1.165, 1.54) is 45.7 Å². The third-order valence-corrected chi connectivity index (χ3v) is 9.04. The van der Waals surface area contributed by atoms with Gasteiger partial charge in [-0.25, -0.2) is 18.6 Å². The summed E-state index contributed by atoms with van der Waals surface area (Å²) >= 11 is 1.19. The van der Waals surface area contributed by atoms with Crippen LogP contribution < -0.4 is 5.48 Å². The second-order valence-corrected chi connectivity index (χ2v) is 11.5. The minimum absolute atomic E-state index is 0.0271. The number of sulfonamides is 1. The zero-order chi connectivity index (χ0) is 25.7. The molecule has 188 valence electrons. The van der Waals surface area contributed by atoms with Crippen molar-refractivity contribution >= 4 is 27.3 Å². The second-order valence-electron chi connectivity index (χ2n) is 8.18. The molecule has 3 N–H and O–H groups in total. The summed E-state index contributed by atoms with van der Waals surface area (Å²) in [5.41, 5.74) is 3.87. The first-order valence-electron chi connectivity index (χ1n) is 11.0. The fourth-order valence-electron chi connectivity index (χ4n) is 3.78. The number of hydrogen-bond acceptors (Lipinski definition) is 8. The van der Waals surface area contributed by atoms with E-state index in [1.54, 1.807) is 29.7 Å². The van der Waals surface area contributed by atoms with E-state index in [2.05, 4.69) is 10.3 Å². The molecule has 2 aromatic heterocycles. The molecule has 1 atom stereocenters. The molecule has 4 aromatic rings. The molecule has 1 amide bonds. The van der Waals surface area contributed by atoms with Gasteiger partial charge in [0, 0.05) is 11.9 Å². The standard InChI is InChI=1S/C24H25N5O5S2/c1-28(36(33,34)24-12-11-22(35-24)18-5-3-2-4-6-18)16-20-15-25-27-29(20)19(14-23(31)26-32)13-17-7-9-21(30)10-8-17/h2-12,15,19,30,32H,13-14,16H2,1H3,(H,26,31)/t19-/m0/s1. The zero-order valence-corrected chi connectivity index (χ0v) is 21.0. The summed E-state index contributed by atoms with van der Waals surface area (Å²) < 4.78 is 29.5. The van der Waals surface area contributed by atoms with Gasteiger partial charge >= 0.3 is 0 Å². The Kier molecular flexibility index (Phi) is 7.79. The average Bonchev–Trinajstić information content (AvgIpc) is 3.56. The Bertz CT molecular complexity index is 1420. The number of aromatic nitrogens is 3. The Morgan fingerprint density at radius 1 is 1.11 bits per heavy atom. The van der Waals surface area contributed by atoms with Gasteiger partial charge in [-0.2, -0.15) is 4.31 Å². The zero-order valence-electron chi connectivity index (χ0n) is 19.4. The van der Waals surface area contributed by atoms with E-state index in [1.807, 2.05) is 30.3 Å². The molecule has 0 fully saturated rings. The number of aromatic hydroxyl groups is 1. The van der Waals surface area contributed by atoms with Crippen LogP contribution in [0.4, 0.5) is 0 Å². The smallest absolute Gasteiger partial charge is 0.252 e. The lowest BCUT2D eigenvalue weighted by molar-refractivity contribution is -0.130. The summed E-state index contributed by atoms with van der Waals surface area (Å²) in [6.07, 6.45) is 1.68. The third-order valence-electron chi connectivity index (χ3n) is 5.64. The molecule has 0 saturated carbocycles. The number of nitrogens with zero attached hydrogens (tertiary/aromatic N) is 4. The molecule has 0 aliphatic rings. The van der Waals surface area contributed by atoms with Crippen LogP contribution >= 0.6 is 11.3 Å². The van der Waals surface area contributed by atoms with E-state index >= 15 is 0 Å². The van der Waals surface area contributed by atoms with Crippen LogP contribution in [0.3, 0.4) is 0 Å². The molecule has 12 heteroatoms. The summed E-state index contributed by atoms with van der Waals surface area (Å²) in [6, 6.07) is 18.9. The van der Waals surface area contributed by atoms with Crippen LogP contribution in [0.25, 0.3) is 10.4 Å². The number of carbonyl (C=O) groups excluding carboxylic acids is 1. The van der Waals surface area contributed by atoms with Gasteiger partial charge in [0.15, 0.2) is 0 Å². The van der Waals surface area contributed by atoms with Crippen molar-refractivity contribution in [1.29, 1.82) is 0 Å². The van der Waals surface area contributed by atoms with Gasteiger partial charge in [0.1, 0.15) is 9.96 Å². The van der Waals surface area contributed by atoms with E-state index in [9.17, 15) is 18.3 Å². The lowest BCUT2D eigenvalue weighted by Crippen LogP contribution is -2.30. The molecule has 4 rings (SSSR count). The number of amides is 1. The molecule has 0 aliphatic heterocycles. The molecule has 0 saturated heterocycles. The maximum Gasteiger partial charge on any atom is 0.252 e. The summed E-state index contributed by atoms with van der Waals surface area (Å²) in [6.45, 7) is -0.0271.